The summed E-state index contributed by atoms with van der Waals surface area (Å²) in [6, 6.07) is 3.29. The van der Waals surface area contributed by atoms with Crippen molar-refractivity contribution in [1.82, 2.24) is 0 Å². The minimum absolute atomic E-state index is 0.432. The fourth-order valence-corrected chi connectivity index (χ4v) is 2.74. The highest BCUT2D eigenvalue weighted by Gasteiger charge is 2.30. The molecular formula is C12H14Cl3NO. The van der Waals surface area contributed by atoms with Crippen LogP contribution < -0.4 is 5.32 Å². The third-order valence-electron chi connectivity index (χ3n) is 3.15. The molecule has 0 unspecified atom stereocenters. The molecule has 1 fully saturated rings. The van der Waals surface area contributed by atoms with Gasteiger partial charge >= 0.3 is 0 Å². The van der Waals surface area contributed by atoms with Crippen molar-refractivity contribution in [1.29, 1.82) is 0 Å². The molecule has 1 aliphatic carbocycles. The zero-order chi connectivity index (χ0) is 12.5. The first-order chi connectivity index (χ1) is 8.00. The summed E-state index contributed by atoms with van der Waals surface area (Å²) >= 11 is 17.8. The van der Waals surface area contributed by atoms with Gasteiger partial charge in [-0.1, -0.05) is 47.6 Å². The predicted molar refractivity (Wildman–Crippen MR) is 73.4 cm³/mol. The summed E-state index contributed by atoms with van der Waals surface area (Å²) in [5.41, 5.74) is 0.0940. The summed E-state index contributed by atoms with van der Waals surface area (Å²) in [6.45, 7) is 0.491. The molecule has 0 amide bonds. The van der Waals surface area contributed by atoms with E-state index in [1.165, 1.54) is 0 Å². The molecule has 0 spiro atoms. The van der Waals surface area contributed by atoms with Crippen molar-refractivity contribution in [2.24, 2.45) is 0 Å². The maximum absolute atomic E-state index is 10.2. The molecule has 0 heterocycles. The van der Waals surface area contributed by atoms with Gasteiger partial charge in [0.25, 0.3) is 0 Å². The average molecular weight is 295 g/mol. The van der Waals surface area contributed by atoms with Gasteiger partial charge in [0.15, 0.2) is 0 Å². The van der Waals surface area contributed by atoms with Gasteiger partial charge in [-0.2, -0.15) is 0 Å². The monoisotopic (exact) mass is 293 g/mol. The van der Waals surface area contributed by atoms with E-state index in [1.54, 1.807) is 12.1 Å². The summed E-state index contributed by atoms with van der Waals surface area (Å²) in [5, 5.41) is 14.7. The van der Waals surface area contributed by atoms with Gasteiger partial charge in [0.05, 0.1) is 26.4 Å². The Kier molecular flexibility index (Phi) is 4.09. The highest BCUT2D eigenvalue weighted by atomic mass is 35.5. The first-order valence-electron chi connectivity index (χ1n) is 5.61. The molecule has 2 N–H and O–H groups in total. The van der Waals surface area contributed by atoms with E-state index >= 15 is 0 Å². The lowest BCUT2D eigenvalue weighted by atomic mass is 10.0. The maximum Gasteiger partial charge on any atom is 0.0819 e. The average Bonchev–Trinajstić information content (AvgIpc) is 2.69. The number of anilines is 1. The second kappa shape index (κ2) is 5.23. The van der Waals surface area contributed by atoms with E-state index in [-0.39, 0.29) is 0 Å². The smallest absolute Gasteiger partial charge is 0.0819 e. The Morgan fingerprint density at radius 2 is 1.65 bits per heavy atom. The van der Waals surface area contributed by atoms with Crippen LogP contribution in [-0.4, -0.2) is 17.3 Å². The molecule has 1 saturated carbocycles. The second-order valence-electron chi connectivity index (χ2n) is 4.53. The molecule has 0 aromatic heterocycles. The van der Waals surface area contributed by atoms with Gasteiger partial charge in [0, 0.05) is 6.54 Å². The van der Waals surface area contributed by atoms with Gasteiger partial charge in [0.2, 0.25) is 0 Å². The summed E-state index contributed by atoms with van der Waals surface area (Å²) < 4.78 is 0. The summed E-state index contributed by atoms with van der Waals surface area (Å²) in [7, 11) is 0. The van der Waals surface area contributed by atoms with Crippen LogP contribution in [0.15, 0.2) is 12.1 Å². The summed E-state index contributed by atoms with van der Waals surface area (Å²) in [5.74, 6) is 0. The standard InChI is InChI=1S/C12H14Cl3NO/c13-8-5-10(15)11(6-9(8)14)16-7-12(17)3-1-2-4-12/h5-6,16-17H,1-4,7H2. The minimum atomic E-state index is -0.616. The fraction of sp³-hybridized carbons (Fsp3) is 0.500. The van der Waals surface area contributed by atoms with Gasteiger partial charge in [-0.25, -0.2) is 0 Å². The third-order valence-corrected chi connectivity index (χ3v) is 4.19. The van der Waals surface area contributed by atoms with E-state index in [2.05, 4.69) is 5.32 Å². The number of rotatable bonds is 3. The SMILES string of the molecule is OC1(CNc2cc(Cl)c(Cl)cc2Cl)CCCC1. The molecule has 0 bridgehead atoms. The molecule has 0 aliphatic heterocycles. The van der Waals surface area contributed by atoms with E-state index in [1.807, 2.05) is 0 Å². The van der Waals surface area contributed by atoms with Crippen molar-refractivity contribution in [3.8, 4) is 0 Å². The number of hydrogen-bond donors (Lipinski definition) is 2. The first-order valence-corrected chi connectivity index (χ1v) is 6.74. The van der Waals surface area contributed by atoms with Crippen molar-refractivity contribution >= 4 is 40.5 Å². The molecule has 1 aromatic carbocycles. The van der Waals surface area contributed by atoms with Crippen LogP contribution in [0.4, 0.5) is 5.69 Å². The Hall–Kier alpha value is -0.150. The Bertz CT molecular complexity index is 416. The molecule has 0 atom stereocenters. The van der Waals surface area contributed by atoms with Gasteiger partial charge in [-0.05, 0) is 25.0 Å². The number of hydrogen-bond acceptors (Lipinski definition) is 2. The zero-order valence-electron chi connectivity index (χ0n) is 9.27. The van der Waals surface area contributed by atoms with Crippen molar-refractivity contribution < 1.29 is 5.11 Å². The minimum Gasteiger partial charge on any atom is -0.388 e. The Morgan fingerprint density at radius 1 is 1.06 bits per heavy atom. The van der Waals surface area contributed by atoms with Gasteiger partial charge < -0.3 is 10.4 Å². The zero-order valence-corrected chi connectivity index (χ0v) is 11.5. The predicted octanol–water partition coefficient (Wildman–Crippen LogP) is 4.36. The summed E-state index contributed by atoms with van der Waals surface area (Å²) in [4.78, 5) is 0. The van der Waals surface area contributed by atoms with E-state index in [0.29, 0.717) is 27.3 Å². The number of nitrogens with one attached hydrogen (secondary N) is 1. The Morgan fingerprint density at radius 3 is 2.29 bits per heavy atom. The molecular weight excluding hydrogens is 280 g/mol. The van der Waals surface area contributed by atoms with Crippen LogP contribution in [0.5, 0.6) is 0 Å². The van der Waals surface area contributed by atoms with E-state index in [0.717, 1.165) is 25.7 Å². The van der Waals surface area contributed by atoms with Gasteiger partial charge in [-0.15, -0.1) is 0 Å². The lowest BCUT2D eigenvalue weighted by Crippen LogP contribution is -2.33. The van der Waals surface area contributed by atoms with Crippen LogP contribution in [0.1, 0.15) is 25.7 Å². The van der Waals surface area contributed by atoms with Gasteiger partial charge in [-0.3, -0.25) is 0 Å². The van der Waals surface area contributed by atoms with Crippen molar-refractivity contribution in [2.75, 3.05) is 11.9 Å². The molecule has 0 saturated heterocycles. The molecule has 0 radical (unpaired) electrons. The molecule has 17 heavy (non-hydrogen) atoms. The van der Waals surface area contributed by atoms with Crippen LogP contribution >= 0.6 is 34.8 Å². The molecule has 1 aromatic rings. The lowest BCUT2D eigenvalue weighted by Gasteiger charge is -2.23. The highest BCUT2D eigenvalue weighted by Crippen LogP contribution is 2.34. The number of halogens is 3. The number of aliphatic hydroxyl groups is 1. The van der Waals surface area contributed by atoms with Crippen molar-refractivity contribution in [3.63, 3.8) is 0 Å². The Balaban J connectivity index is 2.06. The molecule has 94 valence electrons. The summed E-state index contributed by atoms with van der Waals surface area (Å²) in [6.07, 6.45) is 3.82. The van der Waals surface area contributed by atoms with Crippen molar-refractivity contribution in [3.05, 3.63) is 27.2 Å². The first kappa shape index (κ1) is 13.3. The van der Waals surface area contributed by atoms with Crippen LogP contribution in [0.3, 0.4) is 0 Å². The normalized spacial score (nSPS) is 18.4. The Labute approximate surface area is 116 Å². The topological polar surface area (TPSA) is 32.3 Å². The number of benzene rings is 1. The molecule has 5 heteroatoms. The largest absolute Gasteiger partial charge is 0.388 e. The van der Waals surface area contributed by atoms with Crippen LogP contribution in [0.25, 0.3) is 0 Å². The van der Waals surface area contributed by atoms with E-state index in [4.69, 9.17) is 34.8 Å². The van der Waals surface area contributed by atoms with Crippen LogP contribution in [0, 0.1) is 0 Å². The molecule has 1 aliphatic rings. The second-order valence-corrected chi connectivity index (χ2v) is 5.75. The quantitative estimate of drug-likeness (QED) is 0.812. The molecule has 2 nitrogen and oxygen atoms in total. The van der Waals surface area contributed by atoms with E-state index in [9.17, 15) is 5.11 Å². The van der Waals surface area contributed by atoms with Crippen molar-refractivity contribution in [2.45, 2.75) is 31.3 Å². The third kappa shape index (κ3) is 3.19. The fourth-order valence-electron chi connectivity index (χ4n) is 2.13. The lowest BCUT2D eigenvalue weighted by molar-refractivity contribution is 0.0615. The van der Waals surface area contributed by atoms with E-state index < -0.39 is 5.60 Å². The van der Waals surface area contributed by atoms with Crippen LogP contribution in [0.2, 0.25) is 15.1 Å². The molecule has 2 rings (SSSR count). The highest BCUT2D eigenvalue weighted by molar-refractivity contribution is 6.44. The maximum atomic E-state index is 10.2. The van der Waals surface area contributed by atoms with Gasteiger partial charge in [0.1, 0.15) is 0 Å². The van der Waals surface area contributed by atoms with Crippen LogP contribution in [-0.2, 0) is 0 Å².